The number of halogens is 3. The smallest absolute Gasteiger partial charge is 0 e. The Kier molecular flexibility index (Phi) is 86.1. The van der Waals surface area contributed by atoms with E-state index in [1.54, 1.807) is 0 Å². The molecule has 0 saturated carbocycles. The Bertz CT molecular complexity index is 265. The van der Waals surface area contributed by atoms with E-state index < -0.39 is 43.5 Å². The Morgan fingerprint density at radius 2 is 0.500 bits per heavy atom. The second-order valence-electron chi connectivity index (χ2n) is 2.73. The maximum atomic E-state index is 9.00. The van der Waals surface area contributed by atoms with Gasteiger partial charge in [-0.25, -0.2) is 0 Å². The van der Waals surface area contributed by atoms with Crippen LogP contribution in [0.5, 0.6) is 0 Å². The van der Waals surface area contributed by atoms with Crippen molar-refractivity contribution >= 4 is 58.4 Å². The monoisotopic (exact) mass is 723 g/mol. The zero-order valence-corrected chi connectivity index (χ0v) is 20.8. The minimum atomic E-state index is -1.57. The van der Waals surface area contributed by atoms with Crippen LogP contribution >= 0.6 is 28.6 Å². The molecule has 0 aliphatic heterocycles. The van der Waals surface area contributed by atoms with Crippen molar-refractivity contribution in [2.75, 3.05) is 0 Å². The van der Waals surface area contributed by atoms with Gasteiger partial charge in [0.1, 0.15) is 0 Å². The van der Waals surface area contributed by atoms with Crippen molar-refractivity contribution in [3.63, 3.8) is 0 Å². The molecule has 171 valence electrons. The number of carbonyl (C=O) groups is 5. The minimum absolute atomic E-state index is 0. The molecule has 10 nitrogen and oxygen atoms in total. The Labute approximate surface area is 195 Å². The standard InChI is InChI=1S/5C2H4O2.3ClH.3Pd/c5*1-2(3)4;;;;;;/h5*1H3,(H,3,4);3*1H;;;/q;;;;;;;;;;+3/p-3. The molecule has 0 radical (unpaired) electrons. The topological polar surface area (TPSA) is 186 Å². The van der Waals surface area contributed by atoms with E-state index in [-0.39, 0.29) is 40.8 Å². The summed E-state index contributed by atoms with van der Waals surface area (Å²) in [5.74, 6) is -4.17. The molecule has 26 heavy (non-hydrogen) atoms. The third kappa shape index (κ3) is 304000. The van der Waals surface area contributed by atoms with Crippen LogP contribution in [0.15, 0.2) is 0 Å². The summed E-state index contributed by atoms with van der Waals surface area (Å²) < 4.78 is 0. The van der Waals surface area contributed by atoms with Gasteiger partial charge in [-0.1, -0.05) is 0 Å². The van der Waals surface area contributed by atoms with Gasteiger partial charge < -0.3 is 25.5 Å². The maximum absolute atomic E-state index is 9.00. The largest absolute Gasteiger partial charge is 0 e. The first-order valence-electron chi connectivity index (χ1n) is 5.00. The predicted molar refractivity (Wildman–Crippen MR) is 84.1 cm³/mol. The van der Waals surface area contributed by atoms with Crippen LogP contribution in [-0.4, -0.2) is 55.4 Å². The van der Waals surface area contributed by atoms with Gasteiger partial charge in [0, 0.05) is 75.5 Å². The summed E-state index contributed by atoms with van der Waals surface area (Å²) in [6.07, 6.45) is 0. The normalized spacial score (nSPS) is 6.54. The van der Waals surface area contributed by atoms with Gasteiger partial charge in [0.15, 0.2) is 0 Å². The molecule has 0 atom stereocenters. The maximum Gasteiger partial charge on any atom is 0 e. The molecule has 0 spiro atoms. The van der Waals surface area contributed by atoms with Gasteiger partial charge >= 0.3 is 42.3 Å². The van der Waals surface area contributed by atoms with Crippen molar-refractivity contribution in [2.45, 2.75) is 34.6 Å². The van der Waals surface area contributed by atoms with Gasteiger partial charge in [-0.15, -0.1) is 0 Å². The van der Waals surface area contributed by atoms with Crippen LogP contribution in [0.4, 0.5) is 0 Å². The van der Waals surface area contributed by atoms with Gasteiger partial charge in [0.2, 0.25) is 0 Å². The molecule has 5 N–H and O–H groups in total. The fourth-order valence-corrected chi connectivity index (χ4v) is 0. The van der Waals surface area contributed by atoms with E-state index in [4.69, 9.17) is 78.1 Å². The van der Waals surface area contributed by atoms with Crippen LogP contribution < -0.4 is 0 Å². The van der Waals surface area contributed by atoms with Crippen LogP contribution in [0.25, 0.3) is 0 Å². The van der Waals surface area contributed by atoms with E-state index in [1.165, 1.54) is 0 Å². The van der Waals surface area contributed by atoms with Crippen molar-refractivity contribution < 1.29 is 104 Å². The van der Waals surface area contributed by atoms with Crippen LogP contribution in [0.3, 0.4) is 0 Å². The molecule has 0 aromatic rings. The van der Waals surface area contributed by atoms with Gasteiger partial charge in [-0.3, -0.25) is 24.0 Å². The van der Waals surface area contributed by atoms with Crippen LogP contribution in [0, 0.1) is 0 Å². The first kappa shape index (κ1) is 50.2. The molecular formula is C10H20Cl3O10Pd3. The SMILES string of the molecule is CC(=O)O.CC(=O)O.CC(=O)O.CC(=O)O.CC(=O)O.[Cl][Pd]([Cl])[Cl].[Pd].[Pd]. The second-order valence-corrected chi connectivity index (χ2v) is 9.81. The quantitative estimate of drug-likeness (QED) is 0.233. The summed E-state index contributed by atoms with van der Waals surface area (Å²) >= 11 is -1.57. The van der Waals surface area contributed by atoms with Crippen molar-refractivity contribution in [3.05, 3.63) is 0 Å². The number of hydrogen-bond donors (Lipinski definition) is 5. The first-order chi connectivity index (χ1) is 10.4. The molecule has 0 amide bonds. The van der Waals surface area contributed by atoms with Gasteiger partial charge in [0.25, 0.3) is 29.8 Å². The summed E-state index contributed by atoms with van der Waals surface area (Å²) in [7, 11) is 14.8. The van der Waals surface area contributed by atoms with Gasteiger partial charge in [0.05, 0.1) is 0 Å². The number of carboxylic acid groups (broad SMARTS) is 5. The van der Waals surface area contributed by atoms with E-state index in [9.17, 15) is 0 Å². The number of aliphatic carboxylic acids is 5. The zero-order chi connectivity index (χ0) is 21.5. The van der Waals surface area contributed by atoms with E-state index in [1.807, 2.05) is 0 Å². The molecule has 0 saturated heterocycles. The fourth-order valence-electron chi connectivity index (χ4n) is 0. The molecule has 0 aromatic heterocycles. The van der Waals surface area contributed by atoms with Crippen LogP contribution in [0.1, 0.15) is 34.6 Å². The van der Waals surface area contributed by atoms with Gasteiger partial charge in [-0.05, 0) is 0 Å². The second kappa shape index (κ2) is 44.6. The van der Waals surface area contributed by atoms with Crippen molar-refractivity contribution in [1.29, 1.82) is 0 Å². The average Bonchev–Trinajstić information content (AvgIpc) is 2.08. The van der Waals surface area contributed by atoms with E-state index in [0.29, 0.717) is 0 Å². The summed E-state index contributed by atoms with van der Waals surface area (Å²) in [5.41, 5.74) is 0. The summed E-state index contributed by atoms with van der Waals surface area (Å²) in [6.45, 7) is 5.42. The molecule has 0 aliphatic carbocycles. The number of hydrogen-bond acceptors (Lipinski definition) is 5. The van der Waals surface area contributed by atoms with Crippen molar-refractivity contribution in [2.24, 2.45) is 0 Å². The van der Waals surface area contributed by atoms with Crippen molar-refractivity contribution in [3.8, 4) is 0 Å². The fraction of sp³-hybridized carbons (Fsp3) is 0.500. The van der Waals surface area contributed by atoms with E-state index in [2.05, 4.69) is 0 Å². The molecule has 0 unspecified atom stereocenters. The molecule has 0 bridgehead atoms. The Balaban J connectivity index is -0.0000000245. The van der Waals surface area contributed by atoms with E-state index >= 15 is 0 Å². The Morgan fingerprint density at radius 1 is 0.500 bits per heavy atom. The zero-order valence-electron chi connectivity index (χ0n) is 13.9. The summed E-state index contributed by atoms with van der Waals surface area (Å²) in [6, 6.07) is 0. The van der Waals surface area contributed by atoms with Crippen LogP contribution in [-0.2, 0) is 78.5 Å². The third-order valence-corrected chi connectivity index (χ3v) is 0. The molecular weight excluding hydrogens is 706 g/mol. The Hall–Kier alpha value is 0.207. The molecule has 0 fully saturated rings. The average molecular weight is 726 g/mol. The molecule has 0 aliphatic rings. The minimum Gasteiger partial charge on any atom is 0 e. The molecule has 16 heteroatoms. The third-order valence-electron chi connectivity index (χ3n) is 0. The number of rotatable bonds is 0. The Morgan fingerprint density at radius 3 is 0.500 bits per heavy atom. The van der Waals surface area contributed by atoms with Crippen LogP contribution in [0.2, 0.25) is 0 Å². The molecule has 0 aromatic carbocycles. The number of carboxylic acids is 5. The predicted octanol–water partition coefficient (Wildman–Crippen LogP) is 2.52. The van der Waals surface area contributed by atoms with Gasteiger partial charge in [-0.2, -0.15) is 0 Å². The molecule has 0 rings (SSSR count). The van der Waals surface area contributed by atoms with Crippen molar-refractivity contribution in [1.82, 2.24) is 0 Å². The summed E-state index contributed by atoms with van der Waals surface area (Å²) in [4.78, 5) is 45.0. The summed E-state index contributed by atoms with van der Waals surface area (Å²) in [5, 5.41) is 37.1. The molecule has 0 heterocycles. The first-order valence-corrected chi connectivity index (χ1v) is 11.0. The van der Waals surface area contributed by atoms with E-state index in [0.717, 1.165) is 34.6 Å².